The Hall–Kier alpha value is -2.42. The van der Waals surface area contributed by atoms with Gasteiger partial charge in [0.25, 0.3) is 0 Å². The highest BCUT2D eigenvalue weighted by molar-refractivity contribution is 5.87. The lowest BCUT2D eigenvalue weighted by Gasteiger charge is -2.03. The summed E-state index contributed by atoms with van der Waals surface area (Å²) in [6, 6.07) is 11.3. The van der Waals surface area contributed by atoms with E-state index < -0.39 is 0 Å². The summed E-state index contributed by atoms with van der Waals surface area (Å²) in [7, 11) is 0. The number of phenolic OH excluding ortho intramolecular Hbond substituents is 1. The zero-order valence-electron chi connectivity index (χ0n) is 9.04. The van der Waals surface area contributed by atoms with Crippen LogP contribution in [0.15, 0.2) is 55.0 Å². The lowest BCUT2D eigenvalue weighted by atomic mass is 10.1. The zero-order valence-corrected chi connectivity index (χ0v) is 9.04. The number of benzene rings is 2. The largest absolute Gasteiger partial charge is 0.508 e. The van der Waals surface area contributed by atoms with Crippen molar-refractivity contribution in [3.63, 3.8) is 0 Å². The molecule has 0 aliphatic rings. The summed E-state index contributed by atoms with van der Waals surface area (Å²) >= 11 is 0. The van der Waals surface area contributed by atoms with Crippen LogP contribution in [0.1, 0.15) is 0 Å². The van der Waals surface area contributed by atoms with Crippen LogP contribution in [-0.2, 0) is 0 Å². The Kier molecular flexibility index (Phi) is 2.22. The van der Waals surface area contributed by atoms with Crippen LogP contribution in [-0.4, -0.2) is 15.1 Å². The molecule has 3 rings (SSSR count). The van der Waals surface area contributed by atoms with Gasteiger partial charge in [0.05, 0.1) is 11.9 Å². The smallest absolute Gasteiger partial charge is 0.116 e. The van der Waals surface area contributed by atoms with Gasteiger partial charge in [0.2, 0.25) is 0 Å². The minimum atomic E-state index is 0.282. The standard InChI is InChI=1S/C14H10N2O/c17-13-4-3-10-7-12(2-1-11(10)8-13)14-9-15-5-6-16-14/h1-9,17H. The SMILES string of the molecule is Oc1ccc2cc(-c3cnccn3)ccc2c1. The monoisotopic (exact) mass is 222 g/mol. The molecular weight excluding hydrogens is 212 g/mol. The molecule has 82 valence electrons. The van der Waals surface area contributed by atoms with Crippen LogP contribution < -0.4 is 0 Å². The normalized spacial score (nSPS) is 10.6. The third-order valence-electron chi connectivity index (χ3n) is 2.68. The van der Waals surface area contributed by atoms with Crippen molar-refractivity contribution >= 4 is 10.8 Å². The fraction of sp³-hybridized carbons (Fsp3) is 0. The number of aromatic nitrogens is 2. The van der Waals surface area contributed by atoms with Crippen molar-refractivity contribution in [3.05, 3.63) is 55.0 Å². The van der Waals surface area contributed by atoms with Gasteiger partial charge < -0.3 is 5.11 Å². The minimum absolute atomic E-state index is 0.282. The number of rotatable bonds is 1. The second kappa shape index (κ2) is 3.87. The number of fused-ring (bicyclic) bond motifs is 1. The molecule has 1 heterocycles. The Bertz CT molecular complexity index is 665. The minimum Gasteiger partial charge on any atom is -0.508 e. The highest BCUT2D eigenvalue weighted by Gasteiger charge is 2.01. The molecule has 0 radical (unpaired) electrons. The number of aromatic hydroxyl groups is 1. The summed E-state index contributed by atoms with van der Waals surface area (Å²) < 4.78 is 0. The molecule has 0 spiro atoms. The summed E-state index contributed by atoms with van der Waals surface area (Å²) in [6.45, 7) is 0. The molecule has 3 heteroatoms. The Morgan fingerprint density at radius 3 is 2.53 bits per heavy atom. The second-order valence-corrected chi connectivity index (χ2v) is 3.84. The molecule has 0 bridgehead atoms. The van der Waals surface area contributed by atoms with Crippen LogP contribution in [0.4, 0.5) is 0 Å². The summed E-state index contributed by atoms with van der Waals surface area (Å²) in [5, 5.41) is 11.5. The first-order valence-corrected chi connectivity index (χ1v) is 5.32. The highest BCUT2D eigenvalue weighted by Crippen LogP contribution is 2.25. The first-order valence-electron chi connectivity index (χ1n) is 5.32. The molecule has 3 aromatic rings. The zero-order chi connectivity index (χ0) is 11.7. The maximum Gasteiger partial charge on any atom is 0.116 e. The Morgan fingerprint density at radius 1 is 0.882 bits per heavy atom. The van der Waals surface area contributed by atoms with Gasteiger partial charge in [0.15, 0.2) is 0 Å². The van der Waals surface area contributed by atoms with Crippen molar-refractivity contribution < 1.29 is 5.11 Å². The van der Waals surface area contributed by atoms with E-state index in [1.807, 2.05) is 24.3 Å². The molecule has 0 aliphatic heterocycles. The molecule has 3 nitrogen and oxygen atoms in total. The van der Waals surface area contributed by atoms with Crippen molar-refractivity contribution in [1.29, 1.82) is 0 Å². The van der Waals surface area contributed by atoms with Crippen molar-refractivity contribution in [1.82, 2.24) is 9.97 Å². The van der Waals surface area contributed by atoms with Gasteiger partial charge in [-0.1, -0.05) is 18.2 Å². The van der Waals surface area contributed by atoms with Gasteiger partial charge in [-0.3, -0.25) is 9.97 Å². The fourth-order valence-electron chi connectivity index (χ4n) is 1.84. The molecule has 1 aromatic heterocycles. The van der Waals surface area contributed by atoms with E-state index in [4.69, 9.17) is 0 Å². The van der Waals surface area contributed by atoms with Gasteiger partial charge in [0.1, 0.15) is 5.75 Å². The van der Waals surface area contributed by atoms with Gasteiger partial charge in [-0.25, -0.2) is 0 Å². The Balaban J connectivity index is 2.17. The quantitative estimate of drug-likeness (QED) is 0.688. The molecule has 0 fully saturated rings. The van der Waals surface area contributed by atoms with Crippen LogP contribution >= 0.6 is 0 Å². The molecule has 1 N–H and O–H groups in total. The first-order chi connectivity index (χ1) is 8.33. The van der Waals surface area contributed by atoms with Crippen LogP contribution in [0.2, 0.25) is 0 Å². The lowest BCUT2D eigenvalue weighted by molar-refractivity contribution is 0.476. The third-order valence-corrected chi connectivity index (χ3v) is 2.68. The number of phenols is 1. The second-order valence-electron chi connectivity index (χ2n) is 3.84. The van der Waals surface area contributed by atoms with Crippen molar-refractivity contribution in [3.8, 4) is 17.0 Å². The third kappa shape index (κ3) is 1.83. The predicted octanol–water partition coefficient (Wildman–Crippen LogP) is 3.00. The maximum atomic E-state index is 9.39. The Labute approximate surface area is 98.4 Å². The summed E-state index contributed by atoms with van der Waals surface area (Å²) in [5.41, 5.74) is 1.87. The maximum absolute atomic E-state index is 9.39. The number of nitrogens with zero attached hydrogens (tertiary/aromatic N) is 2. The molecular formula is C14H10N2O. The lowest BCUT2D eigenvalue weighted by Crippen LogP contribution is -1.84. The molecule has 0 aliphatic carbocycles. The number of hydrogen-bond donors (Lipinski definition) is 1. The van der Waals surface area contributed by atoms with E-state index >= 15 is 0 Å². The van der Waals surface area contributed by atoms with E-state index in [1.54, 1.807) is 30.7 Å². The van der Waals surface area contributed by atoms with Crippen molar-refractivity contribution in [2.45, 2.75) is 0 Å². The van der Waals surface area contributed by atoms with Gasteiger partial charge in [-0.05, 0) is 29.0 Å². The molecule has 0 unspecified atom stereocenters. The molecule has 17 heavy (non-hydrogen) atoms. The molecule has 0 saturated carbocycles. The average Bonchev–Trinajstić information content (AvgIpc) is 2.39. The van der Waals surface area contributed by atoms with E-state index in [2.05, 4.69) is 9.97 Å². The van der Waals surface area contributed by atoms with Crippen LogP contribution in [0.3, 0.4) is 0 Å². The molecule has 0 saturated heterocycles. The van der Waals surface area contributed by atoms with Crippen molar-refractivity contribution in [2.75, 3.05) is 0 Å². The molecule has 0 amide bonds. The van der Waals surface area contributed by atoms with Gasteiger partial charge in [0, 0.05) is 18.0 Å². The summed E-state index contributed by atoms with van der Waals surface area (Å²) in [6.07, 6.45) is 5.07. The summed E-state index contributed by atoms with van der Waals surface area (Å²) in [5.74, 6) is 0.282. The van der Waals surface area contributed by atoms with E-state index in [0.29, 0.717) is 0 Å². The predicted molar refractivity (Wildman–Crippen MR) is 66.6 cm³/mol. The molecule has 0 atom stereocenters. The van der Waals surface area contributed by atoms with E-state index in [0.717, 1.165) is 22.0 Å². The Morgan fingerprint density at radius 2 is 1.71 bits per heavy atom. The van der Waals surface area contributed by atoms with Crippen LogP contribution in [0.25, 0.3) is 22.0 Å². The molecule has 2 aromatic carbocycles. The van der Waals surface area contributed by atoms with Gasteiger partial charge in [-0.2, -0.15) is 0 Å². The first kappa shape index (κ1) is 9.78. The fourth-order valence-corrected chi connectivity index (χ4v) is 1.84. The van der Waals surface area contributed by atoms with E-state index in [1.165, 1.54) is 0 Å². The van der Waals surface area contributed by atoms with E-state index in [-0.39, 0.29) is 5.75 Å². The highest BCUT2D eigenvalue weighted by atomic mass is 16.3. The van der Waals surface area contributed by atoms with Crippen LogP contribution in [0.5, 0.6) is 5.75 Å². The van der Waals surface area contributed by atoms with Gasteiger partial charge in [-0.15, -0.1) is 0 Å². The summed E-state index contributed by atoms with van der Waals surface area (Å²) in [4.78, 5) is 8.31. The number of hydrogen-bond acceptors (Lipinski definition) is 3. The van der Waals surface area contributed by atoms with Gasteiger partial charge >= 0.3 is 0 Å². The van der Waals surface area contributed by atoms with Crippen molar-refractivity contribution in [2.24, 2.45) is 0 Å². The topological polar surface area (TPSA) is 46.0 Å². The van der Waals surface area contributed by atoms with Crippen LogP contribution in [0, 0.1) is 0 Å². The average molecular weight is 222 g/mol. The van der Waals surface area contributed by atoms with E-state index in [9.17, 15) is 5.11 Å².